The van der Waals surface area contributed by atoms with Gasteiger partial charge in [-0.2, -0.15) is 0 Å². The zero-order valence-corrected chi connectivity index (χ0v) is 10.4. The van der Waals surface area contributed by atoms with E-state index in [1.54, 1.807) is 0 Å². The van der Waals surface area contributed by atoms with Gasteiger partial charge in [0.05, 0.1) is 0 Å². The molecule has 0 bridgehead atoms. The molecule has 1 aliphatic carbocycles. The summed E-state index contributed by atoms with van der Waals surface area (Å²) in [7, 11) is 0. The van der Waals surface area contributed by atoms with Crippen LogP contribution in [-0.2, 0) is 11.2 Å². The third kappa shape index (κ3) is 2.28. The number of rotatable bonds is 5. The Labute approximate surface area is 107 Å². The number of aliphatic carboxylic acids is 1. The summed E-state index contributed by atoms with van der Waals surface area (Å²) in [6, 6.07) is 3.82. The van der Waals surface area contributed by atoms with Gasteiger partial charge in [-0.3, -0.25) is 4.79 Å². The number of thiophene rings is 1. The second-order valence-electron chi connectivity index (χ2n) is 4.43. The molecule has 0 aliphatic heterocycles. The summed E-state index contributed by atoms with van der Waals surface area (Å²) in [4.78, 5) is 12.3. The van der Waals surface area contributed by atoms with Gasteiger partial charge in [0.1, 0.15) is 5.92 Å². The van der Waals surface area contributed by atoms with Crippen LogP contribution in [-0.4, -0.2) is 21.3 Å². The fourth-order valence-corrected chi connectivity index (χ4v) is 2.54. The summed E-state index contributed by atoms with van der Waals surface area (Å²) in [5, 5.41) is 19.0. The van der Waals surface area contributed by atoms with Crippen molar-refractivity contribution in [2.75, 3.05) is 0 Å². The van der Waals surface area contributed by atoms with Crippen LogP contribution in [0.2, 0.25) is 0 Å². The van der Waals surface area contributed by atoms with Crippen molar-refractivity contribution < 1.29 is 14.3 Å². The van der Waals surface area contributed by atoms with E-state index >= 15 is 0 Å². The van der Waals surface area contributed by atoms with Gasteiger partial charge in [-0.05, 0) is 24.3 Å². The average molecular weight is 264 g/mol. The minimum absolute atomic E-state index is 0.220. The van der Waals surface area contributed by atoms with Crippen LogP contribution in [0.1, 0.15) is 41.3 Å². The van der Waals surface area contributed by atoms with Crippen molar-refractivity contribution in [1.29, 1.82) is 0 Å². The highest BCUT2D eigenvalue weighted by Gasteiger charge is 2.32. The van der Waals surface area contributed by atoms with Gasteiger partial charge in [0, 0.05) is 17.2 Å². The van der Waals surface area contributed by atoms with E-state index in [1.807, 2.05) is 17.5 Å². The maximum absolute atomic E-state index is 11.3. The molecular formula is C12H12N2O3S. The lowest BCUT2D eigenvalue weighted by molar-refractivity contribution is -0.139. The number of hydrogen-bond acceptors (Lipinski definition) is 5. The fraction of sp³-hybridized carbons (Fsp3) is 0.417. The Balaban J connectivity index is 1.81. The highest BCUT2D eigenvalue weighted by atomic mass is 32.1. The van der Waals surface area contributed by atoms with Crippen molar-refractivity contribution in [3.63, 3.8) is 0 Å². The van der Waals surface area contributed by atoms with Gasteiger partial charge in [-0.1, -0.05) is 6.07 Å². The van der Waals surface area contributed by atoms with Crippen LogP contribution in [0.15, 0.2) is 21.9 Å². The number of carboxylic acid groups (broad SMARTS) is 1. The maximum Gasteiger partial charge on any atom is 0.316 e. The molecule has 0 amide bonds. The fourth-order valence-electron chi connectivity index (χ4n) is 1.79. The van der Waals surface area contributed by atoms with E-state index < -0.39 is 11.9 Å². The lowest BCUT2D eigenvalue weighted by Gasteiger charge is -2.05. The van der Waals surface area contributed by atoms with Crippen LogP contribution < -0.4 is 0 Å². The number of hydrogen-bond donors (Lipinski definition) is 1. The van der Waals surface area contributed by atoms with Gasteiger partial charge in [0.2, 0.25) is 11.8 Å². The molecule has 6 heteroatoms. The first-order valence-electron chi connectivity index (χ1n) is 5.82. The molecule has 3 rings (SSSR count). The van der Waals surface area contributed by atoms with Crippen LogP contribution >= 0.6 is 11.3 Å². The van der Waals surface area contributed by atoms with Crippen molar-refractivity contribution in [1.82, 2.24) is 10.2 Å². The van der Waals surface area contributed by atoms with Gasteiger partial charge in [-0.25, -0.2) is 0 Å². The zero-order valence-electron chi connectivity index (χ0n) is 9.57. The van der Waals surface area contributed by atoms with Gasteiger partial charge in [-0.15, -0.1) is 21.5 Å². The molecule has 5 nitrogen and oxygen atoms in total. The van der Waals surface area contributed by atoms with Crippen LogP contribution in [0.3, 0.4) is 0 Å². The van der Waals surface area contributed by atoms with Gasteiger partial charge in [0.15, 0.2) is 0 Å². The Bertz CT molecular complexity index is 545. The van der Waals surface area contributed by atoms with Gasteiger partial charge >= 0.3 is 5.97 Å². The lowest BCUT2D eigenvalue weighted by atomic mass is 10.1. The van der Waals surface area contributed by atoms with E-state index in [-0.39, 0.29) is 5.89 Å². The minimum Gasteiger partial charge on any atom is -0.481 e. The molecule has 1 aliphatic rings. The van der Waals surface area contributed by atoms with Crippen molar-refractivity contribution in [2.24, 2.45) is 0 Å². The molecule has 0 radical (unpaired) electrons. The summed E-state index contributed by atoms with van der Waals surface area (Å²) in [6.07, 6.45) is 2.52. The van der Waals surface area contributed by atoms with Gasteiger partial charge in [0.25, 0.3) is 0 Å². The largest absolute Gasteiger partial charge is 0.481 e. The highest BCUT2D eigenvalue weighted by molar-refractivity contribution is 7.09. The summed E-state index contributed by atoms with van der Waals surface area (Å²) in [5.41, 5.74) is 0. The van der Waals surface area contributed by atoms with Crippen LogP contribution in [0.25, 0.3) is 0 Å². The smallest absolute Gasteiger partial charge is 0.316 e. The average Bonchev–Trinajstić information content (AvgIpc) is 2.89. The molecule has 2 heterocycles. The van der Waals surface area contributed by atoms with Crippen molar-refractivity contribution in [3.05, 3.63) is 34.2 Å². The van der Waals surface area contributed by atoms with E-state index in [9.17, 15) is 9.90 Å². The Morgan fingerprint density at radius 2 is 2.39 bits per heavy atom. The van der Waals surface area contributed by atoms with E-state index in [0.717, 1.165) is 17.7 Å². The van der Waals surface area contributed by atoms with E-state index in [1.165, 1.54) is 11.3 Å². The van der Waals surface area contributed by atoms with Crippen LogP contribution in [0.4, 0.5) is 0 Å². The summed E-state index contributed by atoms with van der Waals surface area (Å²) in [6.45, 7) is 0. The van der Waals surface area contributed by atoms with Crippen molar-refractivity contribution in [3.8, 4) is 0 Å². The first kappa shape index (κ1) is 11.4. The molecule has 0 saturated heterocycles. The molecule has 18 heavy (non-hydrogen) atoms. The lowest BCUT2D eigenvalue weighted by Crippen LogP contribution is -2.14. The third-order valence-electron chi connectivity index (χ3n) is 2.96. The first-order valence-corrected chi connectivity index (χ1v) is 6.70. The molecule has 1 unspecified atom stereocenters. The second-order valence-corrected chi connectivity index (χ2v) is 5.46. The Hall–Kier alpha value is -1.69. The van der Waals surface area contributed by atoms with Crippen molar-refractivity contribution >= 4 is 17.3 Å². The van der Waals surface area contributed by atoms with E-state index in [2.05, 4.69) is 10.2 Å². The molecular weight excluding hydrogens is 252 g/mol. The summed E-state index contributed by atoms with van der Waals surface area (Å²) in [5.74, 6) is -0.513. The Morgan fingerprint density at radius 3 is 3.00 bits per heavy atom. The van der Waals surface area contributed by atoms with Crippen molar-refractivity contribution in [2.45, 2.75) is 31.1 Å². The summed E-state index contributed by atoms with van der Waals surface area (Å²) < 4.78 is 5.48. The maximum atomic E-state index is 11.3. The molecule has 0 aromatic carbocycles. The Kier molecular flexibility index (Phi) is 2.87. The Morgan fingerprint density at radius 1 is 1.56 bits per heavy atom. The number of nitrogens with zero attached hydrogens (tertiary/aromatic N) is 2. The normalized spacial score (nSPS) is 16.7. The molecule has 1 fully saturated rings. The molecule has 0 spiro atoms. The van der Waals surface area contributed by atoms with Gasteiger partial charge < -0.3 is 9.52 Å². The van der Waals surface area contributed by atoms with Crippen LogP contribution in [0, 0.1) is 0 Å². The molecule has 2 aromatic rings. The quantitative estimate of drug-likeness (QED) is 0.897. The molecule has 1 atom stereocenters. The number of aromatic nitrogens is 2. The van der Waals surface area contributed by atoms with Crippen LogP contribution in [0.5, 0.6) is 0 Å². The number of carbonyl (C=O) groups is 1. The van der Waals surface area contributed by atoms with E-state index in [4.69, 9.17) is 4.42 Å². The summed E-state index contributed by atoms with van der Waals surface area (Å²) >= 11 is 1.54. The topological polar surface area (TPSA) is 76.2 Å². The first-order chi connectivity index (χ1) is 8.74. The molecule has 94 valence electrons. The predicted octanol–water partition coefficient (Wildman–Crippen LogP) is 2.42. The number of carboxylic acids is 1. The minimum atomic E-state index is -0.922. The zero-order chi connectivity index (χ0) is 12.5. The molecule has 1 N–H and O–H groups in total. The SMILES string of the molecule is O=C(O)C(Cc1cccs1)c1nnc(C2CC2)o1. The molecule has 1 saturated carbocycles. The second kappa shape index (κ2) is 4.53. The molecule has 2 aromatic heterocycles. The standard InChI is InChI=1S/C12H12N2O3S/c15-12(16)9(6-8-2-1-5-18-8)11-14-13-10(17-11)7-3-4-7/h1-2,5,7,9H,3-4,6H2,(H,15,16). The third-order valence-corrected chi connectivity index (χ3v) is 3.86. The van der Waals surface area contributed by atoms with E-state index in [0.29, 0.717) is 18.2 Å². The monoisotopic (exact) mass is 264 g/mol. The highest BCUT2D eigenvalue weighted by Crippen LogP contribution is 2.39. The predicted molar refractivity (Wildman–Crippen MR) is 64.7 cm³/mol.